The smallest absolute Gasteiger partial charge is 0.330 e. The molecule has 0 heterocycles. The molecule has 0 unspecified atom stereocenters. The molecule has 0 aliphatic carbocycles. The normalized spacial score (nSPS) is 11.6. The van der Waals surface area contributed by atoms with E-state index in [0.717, 1.165) is 0 Å². The van der Waals surface area contributed by atoms with Crippen molar-refractivity contribution < 1.29 is 22.5 Å². The second-order valence-electron chi connectivity index (χ2n) is 3.13. The van der Waals surface area contributed by atoms with Gasteiger partial charge in [-0.1, -0.05) is 12.1 Å². The van der Waals surface area contributed by atoms with Crippen LogP contribution in [0.25, 0.3) is 6.08 Å². The summed E-state index contributed by atoms with van der Waals surface area (Å²) in [5.74, 6) is -0.466. The molecular formula is C11H12O5S. The molecule has 0 radical (unpaired) electrons. The Morgan fingerprint density at radius 2 is 1.94 bits per heavy atom. The Labute approximate surface area is 99.5 Å². The predicted molar refractivity (Wildman–Crippen MR) is 61.9 cm³/mol. The van der Waals surface area contributed by atoms with E-state index in [0.29, 0.717) is 12.2 Å². The van der Waals surface area contributed by atoms with Gasteiger partial charge in [0.05, 0.1) is 11.5 Å². The highest BCUT2D eigenvalue weighted by molar-refractivity contribution is 7.85. The summed E-state index contributed by atoms with van der Waals surface area (Å²) in [6.07, 6.45) is 2.73. The minimum Gasteiger partial charge on any atom is -0.463 e. The molecule has 1 rings (SSSR count). The summed E-state index contributed by atoms with van der Waals surface area (Å²) in [7, 11) is -4.18. The Balaban J connectivity index is 2.79. The van der Waals surface area contributed by atoms with Crippen molar-refractivity contribution in [2.75, 3.05) is 6.61 Å². The average molecular weight is 256 g/mol. The second-order valence-corrected chi connectivity index (χ2v) is 4.55. The maximum Gasteiger partial charge on any atom is 0.330 e. The molecule has 0 saturated carbocycles. The number of carbonyl (C=O) groups excluding carboxylic acids is 1. The van der Waals surface area contributed by atoms with Crippen molar-refractivity contribution in [1.29, 1.82) is 0 Å². The van der Waals surface area contributed by atoms with E-state index in [1.165, 1.54) is 36.4 Å². The minimum atomic E-state index is -4.18. The molecule has 0 aliphatic rings. The molecule has 1 aromatic carbocycles. The second kappa shape index (κ2) is 5.60. The topological polar surface area (TPSA) is 80.7 Å². The maximum atomic E-state index is 11.0. The van der Waals surface area contributed by atoms with E-state index in [4.69, 9.17) is 4.55 Å². The summed E-state index contributed by atoms with van der Waals surface area (Å²) in [6.45, 7) is 2.00. The van der Waals surface area contributed by atoms with Gasteiger partial charge in [-0.3, -0.25) is 4.55 Å². The lowest BCUT2D eigenvalue weighted by molar-refractivity contribution is -0.137. The van der Waals surface area contributed by atoms with Crippen molar-refractivity contribution in [1.82, 2.24) is 0 Å². The van der Waals surface area contributed by atoms with Gasteiger partial charge in [0.25, 0.3) is 10.1 Å². The largest absolute Gasteiger partial charge is 0.463 e. The van der Waals surface area contributed by atoms with Crippen LogP contribution in [0.4, 0.5) is 0 Å². The van der Waals surface area contributed by atoms with Crippen molar-refractivity contribution in [2.24, 2.45) is 0 Å². The molecule has 0 amide bonds. The van der Waals surface area contributed by atoms with Crippen molar-refractivity contribution in [3.63, 3.8) is 0 Å². The summed E-state index contributed by atoms with van der Waals surface area (Å²) in [5.41, 5.74) is 0.630. The zero-order valence-corrected chi connectivity index (χ0v) is 9.98. The SMILES string of the molecule is CCOC(=O)/C=C/c1ccc(S(=O)(=O)O)cc1. The van der Waals surface area contributed by atoms with Crippen molar-refractivity contribution in [3.8, 4) is 0 Å². The predicted octanol–water partition coefficient (Wildman–Crippen LogP) is 1.51. The first-order valence-electron chi connectivity index (χ1n) is 4.86. The van der Waals surface area contributed by atoms with Gasteiger partial charge in [0.1, 0.15) is 0 Å². The van der Waals surface area contributed by atoms with Crippen LogP contribution in [-0.2, 0) is 19.6 Å². The van der Waals surface area contributed by atoms with Crippen LogP contribution < -0.4 is 0 Å². The van der Waals surface area contributed by atoms with Gasteiger partial charge < -0.3 is 4.74 Å². The quantitative estimate of drug-likeness (QED) is 0.501. The lowest BCUT2D eigenvalue weighted by Gasteiger charge is -1.98. The zero-order valence-electron chi connectivity index (χ0n) is 9.16. The van der Waals surface area contributed by atoms with Crippen LogP contribution >= 0.6 is 0 Å². The van der Waals surface area contributed by atoms with Crippen LogP contribution in [0.2, 0.25) is 0 Å². The van der Waals surface area contributed by atoms with E-state index >= 15 is 0 Å². The van der Waals surface area contributed by atoms with E-state index in [9.17, 15) is 13.2 Å². The van der Waals surface area contributed by atoms with Crippen LogP contribution in [0.15, 0.2) is 35.2 Å². The van der Waals surface area contributed by atoms with Gasteiger partial charge >= 0.3 is 5.97 Å². The molecule has 1 aromatic rings. The average Bonchev–Trinajstić information content (AvgIpc) is 2.26. The third-order valence-electron chi connectivity index (χ3n) is 1.88. The van der Waals surface area contributed by atoms with E-state index in [1.54, 1.807) is 6.92 Å². The number of benzene rings is 1. The fourth-order valence-corrected chi connectivity index (χ4v) is 1.59. The van der Waals surface area contributed by atoms with Gasteiger partial charge in [-0.25, -0.2) is 4.79 Å². The van der Waals surface area contributed by atoms with Crippen molar-refractivity contribution in [3.05, 3.63) is 35.9 Å². The molecule has 0 aliphatic heterocycles. The molecule has 1 N–H and O–H groups in total. The molecule has 17 heavy (non-hydrogen) atoms. The Morgan fingerprint density at radius 1 is 1.35 bits per heavy atom. The van der Waals surface area contributed by atoms with E-state index in [1.807, 2.05) is 0 Å². The highest BCUT2D eigenvalue weighted by atomic mass is 32.2. The van der Waals surface area contributed by atoms with Crippen LogP contribution in [-0.4, -0.2) is 25.5 Å². The Kier molecular flexibility index (Phi) is 4.42. The molecule has 0 fully saturated rings. The molecule has 92 valence electrons. The third kappa shape index (κ3) is 4.38. The van der Waals surface area contributed by atoms with E-state index in [2.05, 4.69) is 4.74 Å². The highest BCUT2D eigenvalue weighted by Gasteiger charge is 2.07. The fraction of sp³-hybridized carbons (Fsp3) is 0.182. The van der Waals surface area contributed by atoms with Gasteiger partial charge in [-0.2, -0.15) is 8.42 Å². The van der Waals surface area contributed by atoms with Gasteiger partial charge in [-0.05, 0) is 30.7 Å². The lowest BCUT2D eigenvalue weighted by Crippen LogP contribution is -1.99. The molecular weight excluding hydrogens is 244 g/mol. The van der Waals surface area contributed by atoms with Crippen LogP contribution in [0.3, 0.4) is 0 Å². The number of hydrogen-bond donors (Lipinski definition) is 1. The van der Waals surface area contributed by atoms with Crippen molar-refractivity contribution >= 4 is 22.2 Å². The summed E-state index contributed by atoms with van der Waals surface area (Å²) in [5, 5.41) is 0. The number of rotatable bonds is 4. The van der Waals surface area contributed by atoms with Crippen LogP contribution in [0.5, 0.6) is 0 Å². The fourth-order valence-electron chi connectivity index (χ4n) is 1.11. The monoisotopic (exact) mass is 256 g/mol. The number of hydrogen-bond acceptors (Lipinski definition) is 4. The molecule has 0 spiro atoms. The Morgan fingerprint density at radius 3 is 2.41 bits per heavy atom. The molecule has 0 bridgehead atoms. The Hall–Kier alpha value is -1.66. The first kappa shape index (κ1) is 13.4. The minimum absolute atomic E-state index is 0.189. The third-order valence-corrected chi connectivity index (χ3v) is 2.74. The Bertz CT molecular complexity index is 513. The van der Waals surface area contributed by atoms with Gasteiger partial charge in [0.2, 0.25) is 0 Å². The zero-order chi connectivity index (χ0) is 12.9. The van der Waals surface area contributed by atoms with Crippen LogP contribution in [0.1, 0.15) is 12.5 Å². The van der Waals surface area contributed by atoms with Crippen molar-refractivity contribution in [2.45, 2.75) is 11.8 Å². The lowest BCUT2D eigenvalue weighted by atomic mass is 10.2. The number of carbonyl (C=O) groups is 1. The van der Waals surface area contributed by atoms with E-state index in [-0.39, 0.29) is 4.90 Å². The van der Waals surface area contributed by atoms with Gasteiger partial charge in [-0.15, -0.1) is 0 Å². The maximum absolute atomic E-state index is 11.0. The van der Waals surface area contributed by atoms with E-state index < -0.39 is 16.1 Å². The summed E-state index contributed by atoms with van der Waals surface area (Å²) in [4.78, 5) is 10.8. The summed E-state index contributed by atoms with van der Waals surface area (Å²) < 4.78 is 34.9. The number of esters is 1. The van der Waals surface area contributed by atoms with Gasteiger partial charge in [0.15, 0.2) is 0 Å². The molecule has 5 nitrogen and oxygen atoms in total. The first-order valence-corrected chi connectivity index (χ1v) is 6.30. The summed E-state index contributed by atoms with van der Waals surface area (Å²) >= 11 is 0. The molecule has 6 heteroatoms. The molecule has 0 saturated heterocycles. The van der Waals surface area contributed by atoms with Gasteiger partial charge in [0, 0.05) is 6.08 Å². The first-order chi connectivity index (χ1) is 7.93. The molecule has 0 atom stereocenters. The standard InChI is InChI=1S/C11H12O5S/c1-2-16-11(12)8-5-9-3-6-10(7-4-9)17(13,14)15/h3-8H,2H2,1H3,(H,13,14,15)/b8-5+. The molecule has 0 aromatic heterocycles. The summed E-state index contributed by atoms with van der Waals surface area (Å²) in [6, 6.07) is 5.44. The van der Waals surface area contributed by atoms with Crippen LogP contribution in [0, 0.1) is 0 Å². The highest BCUT2D eigenvalue weighted by Crippen LogP contribution is 2.11. The number of ether oxygens (including phenoxy) is 1.